The zero-order valence-corrected chi connectivity index (χ0v) is 11.4. The maximum atomic E-state index is 11.3. The summed E-state index contributed by atoms with van der Waals surface area (Å²) in [4.78, 5) is 26.6. The first-order valence-corrected chi connectivity index (χ1v) is 6.59. The third-order valence-electron chi connectivity index (χ3n) is 3.72. The Labute approximate surface area is 119 Å². The summed E-state index contributed by atoms with van der Waals surface area (Å²) in [5, 5.41) is 18.4. The number of aromatic carboxylic acids is 1. The SMILES string of the molecule is Cc1ccc(-c2nc(C(=O)O)c3n2CC(C(=O)O)CC3)o1. The molecule has 2 aromatic heterocycles. The maximum absolute atomic E-state index is 11.3. The number of carboxylic acid groups (broad SMARTS) is 2. The van der Waals surface area contributed by atoms with Crippen molar-refractivity contribution in [2.75, 3.05) is 0 Å². The van der Waals surface area contributed by atoms with E-state index < -0.39 is 17.9 Å². The van der Waals surface area contributed by atoms with E-state index in [9.17, 15) is 19.8 Å². The number of fused-ring (bicyclic) bond motifs is 1. The topological polar surface area (TPSA) is 106 Å². The predicted octanol–water partition coefficient (Wildman–Crippen LogP) is 1.80. The predicted molar refractivity (Wildman–Crippen MR) is 71.1 cm³/mol. The molecule has 3 heterocycles. The summed E-state index contributed by atoms with van der Waals surface area (Å²) in [5.41, 5.74) is 0.534. The molecule has 21 heavy (non-hydrogen) atoms. The summed E-state index contributed by atoms with van der Waals surface area (Å²) < 4.78 is 7.16. The number of aromatic nitrogens is 2. The van der Waals surface area contributed by atoms with Crippen molar-refractivity contribution < 1.29 is 24.2 Å². The van der Waals surface area contributed by atoms with Crippen LogP contribution >= 0.6 is 0 Å². The largest absolute Gasteiger partial charge is 0.481 e. The van der Waals surface area contributed by atoms with Crippen LogP contribution in [-0.4, -0.2) is 31.7 Å². The monoisotopic (exact) mass is 290 g/mol. The highest BCUT2D eigenvalue weighted by molar-refractivity contribution is 5.88. The van der Waals surface area contributed by atoms with E-state index in [1.54, 1.807) is 23.6 Å². The third kappa shape index (κ3) is 2.20. The minimum atomic E-state index is -1.11. The van der Waals surface area contributed by atoms with Crippen molar-refractivity contribution in [3.8, 4) is 11.6 Å². The first-order valence-electron chi connectivity index (χ1n) is 6.59. The minimum Gasteiger partial charge on any atom is -0.481 e. The molecule has 0 fully saturated rings. The van der Waals surface area contributed by atoms with Crippen LogP contribution in [0.25, 0.3) is 11.6 Å². The van der Waals surface area contributed by atoms with Gasteiger partial charge in [-0.1, -0.05) is 0 Å². The van der Waals surface area contributed by atoms with Gasteiger partial charge in [0.2, 0.25) is 0 Å². The lowest BCUT2D eigenvalue weighted by Crippen LogP contribution is -2.27. The zero-order valence-electron chi connectivity index (χ0n) is 11.4. The van der Waals surface area contributed by atoms with E-state index in [4.69, 9.17) is 4.42 Å². The van der Waals surface area contributed by atoms with E-state index in [0.717, 1.165) is 0 Å². The van der Waals surface area contributed by atoms with Crippen LogP contribution in [0, 0.1) is 12.8 Å². The van der Waals surface area contributed by atoms with Crippen LogP contribution in [0.1, 0.15) is 28.4 Å². The molecule has 3 rings (SSSR count). The van der Waals surface area contributed by atoms with Gasteiger partial charge in [-0.15, -0.1) is 0 Å². The van der Waals surface area contributed by atoms with E-state index in [-0.39, 0.29) is 12.2 Å². The molecule has 0 saturated carbocycles. The van der Waals surface area contributed by atoms with Crippen LogP contribution in [0.15, 0.2) is 16.5 Å². The Morgan fingerprint density at radius 2 is 2.14 bits per heavy atom. The molecule has 2 N–H and O–H groups in total. The normalized spacial score (nSPS) is 17.5. The Hall–Kier alpha value is -2.57. The zero-order chi connectivity index (χ0) is 15.1. The van der Waals surface area contributed by atoms with Crippen molar-refractivity contribution in [3.63, 3.8) is 0 Å². The number of hydrogen-bond donors (Lipinski definition) is 2. The molecule has 0 bridgehead atoms. The van der Waals surface area contributed by atoms with Crippen LogP contribution in [0.5, 0.6) is 0 Å². The van der Waals surface area contributed by atoms with E-state index in [2.05, 4.69) is 4.98 Å². The van der Waals surface area contributed by atoms with Gasteiger partial charge in [0, 0.05) is 6.54 Å². The van der Waals surface area contributed by atoms with Gasteiger partial charge in [0.25, 0.3) is 0 Å². The van der Waals surface area contributed by atoms with Crippen molar-refractivity contribution in [2.45, 2.75) is 26.3 Å². The fourth-order valence-electron chi connectivity index (χ4n) is 2.67. The van der Waals surface area contributed by atoms with Crippen LogP contribution in [0.4, 0.5) is 0 Å². The molecule has 110 valence electrons. The molecule has 0 spiro atoms. The molecule has 1 unspecified atom stereocenters. The highest BCUT2D eigenvalue weighted by Crippen LogP contribution is 2.30. The van der Waals surface area contributed by atoms with Crippen molar-refractivity contribution in [2.24, 2.45) is 5.92 Å². The number of nitrogens with zero attached hydrogens (tertiary/aromatic N) is 2. The van der Waals surface area contributed by atoms with E-state index >= 15 is 0 Å². The first-order chi connectivity index (χ1) is 9.97. The van der Waals surface area contributed by atoms with Gasteiger partial charge in [-0.05, 0) is 31.9 Å². The standard InChI is InChI=1S/C14H14N2O5/c1-7-2-5-10(21-7)12-15-11(14(19)20)9-4-3-8(13(17)18)6-16(9)12/h2,5,8H,3-4,6H2,1H3,(H,17,18)(H,19,20). The molecule has 7 heteroatoms. The second-order valence-electron chi connectivity index (χ2n) is 5.13. The molecular weight excluding hydrogens is 276 g/mol. The first kappa shape index (κ1) is 13.4. The van der Waals surface area contributed by atoms with Gasteiger partial charge >= 0.3 is 11.9 Å². The van der Waals surface area contributed by atoms with Gasteiger partial charge in [-0.25, -0.2) is 9.78 Å². The number of aliphatic carboxylic acids is 1. The Morgan fingerprint density at radius 1 is 1.38 bits per heavy atom. The van der Waals surface area contributed by atoms with Crippen molar-refractivity contribution in [1.82, 2.24) is 9.55 Å². The number of imidazole rings is 1. The van der Waals surface area contributed by atoms with Crippen LogP contribution in [0.3, 0.4) is 0 Å². The van der Waals surface area contributed by atoms with Crippen molar-refractivity contribution in [3.05, 3.63) is 29.3 Å². The fourth-order valence-corrected chi connectivity index (χ4v) is 2.67. The molecule has 1 aliphatic heterocycles. The molecule has 7 nitrogen and oxygen atoms in total. The summed E-state index contributed by atoms with van der Waals surface area (Å²) >= 11 is 0. The molecule has 1 atom stereocenters. The lowest BCUT2D eigenvalue weighted by molar-refractivity contribution is -0.142. The Morgan fingerprint density at radius 3 is 2.71 bits per heavy atom. The smallest absolute Gasteiger partial charge is 0.356 e. The van der Waals surface area contributed by atoms with Gasteiger partial charge < -0.3 is 19.2 Å². The van der Waals surface area contributed by atoms with Crippen molar-refractivity contribution in [1.29, 1.82) is 0 Å². The highest BCUT2D eigenvalue weighted by atomic mass is 16.4. The number of carbonyl (C=O) groups is 2. The second-order valence-corrected chi connectivity index (χ2v) is 5.13. The number of rotatable bonds is 3. The number of furan rings is 1. The lowest BCUT2D eigenvalue weighted by atomic mass is 9.97. The fraction of sp³-hybridized carbons (Fsp3) is 0.357. The summed E-state index contributed by atoms with van der Waals surface area (Å²) in [6.07, 6.45) is 0.795. The molecule has 1 aliphatic rings. The van der Waals surface area contributed by atoms with E-state index in [1.807, 2.05) is 0 Å². The van der Waals surface area contributed by atoms with Gasteiger partial charge in [0.1, 0.15) is 5.76 Å². The minimum absolute atomic E-state index is 0.0251. The average Bonchev–Trinajstić information content (AvgIpc) is 3.01. The van der Waals surface area contributed by atoms with E-state index in [0.29, 0.717) is 35.9 Å². The summed E-state index contributed by atoms with van der Waals surface area (Å²) in [6, 6.07) is 3.47. The van der Waals surface area contributed by atoms with Gasteiger partial charge in [0.15, 0.2) is 17.3 Å². The molecule has 0 amide bonds. The van der Waals surface area contributed by atoms with Crippen LogP contribution in [0.2, 0.25) is 0 Å². The van der Waals surface area contributed by atoms with Gasteiger partial charge in [-0.2, -0.15) is 0 Å². The number of carboxylic acids is 2. The molecule has 2 aromatic rings. The van der Waals surface area contributed by atoms with Crippen molar-refractivity contribution >= 4 is 11.9 Å². The molecule has 0 saturated heterocycles. The molecular formula is C14H14N2O5. The Kier molecular flexibility index (Phi) is 3.04. The molecule has 0 radical (unpaired) electrons. The average molecular weight is 290 g/mol. The maximum Gasteiger partial charge on any atom is 0.356 e. The quantitative estimate of drug-likeness (QED) is 0.892. The third-order valence-corrected chi connectivity index (χ3v) is 3.72. The van der Waals surface area contributed by atoms with Gasteiger partial charge in [0.05, 0.1) is 11.6 Å². The highest BCUT2D eigenvalue weighted by Gasteiger charge is 2.32. The number of aryl methyl sites for hydroxylation is 1. The molecule has 0 aliphatic carbocycles. The van der Waals surface area contributed by atoms with Crippen LogP contribution < -0.4 is 0 Å². The lowest BCUT2D eigenvalue weighted by Gasteiger charge is -2.22. The summed E-state index contributed by atoms with van der Waals surface area (Å²) in [5.74, 6) is -1.02. The molecule has 0 aromatic carbocycles. The Bertz CT molecular complexity index is 728. The summed E-state index contributed by atoms with van der Waals surface area (Å²) in [6.45, 7) is 1.99. The summed E-state index contributed by atoms with van der Waals surface area (Å²) in [7, 11) is 0. The second kappa shape index (κ2) is 4.76. The van der Waals surface area contributed by atoms with Gasteiger partial charge in [-0.3, -0.25) is 4.79 Å². The van der Waals surface area contributed by atoms with E-state index in [1.165, 1.54) is 0 Å². The Balaban J connectivity index is 2.13. The van der Waals surface area contributed by atoms with Crippen LogP contribution in [-0.2, 0) is 17.8 Å². The number of hydrogen-bond acceptors (Lipinski definition) is 4.